The first kappa shape index (κ1) is 35.2. The Morgan fingerprint density at radius 3 is 1.71 bits per heavy atom. The van der Waals surface area contributed by atoms with E-state index >= 15 is 0 Å². The number of hydrogen-bond acceptors (Lipinski definition) is 2. The van der Waals surface area contributed by atoms with Gasteiger partial charge in [-0.05, 0) is 121 Å². The van der Waals surface area contributed by atoms with Crippen LogP contribution in [0.4, 0.5) is 17.1 Å². The molecule has 0 saturated carbocycles. The Bertz CT molecular complexity index is 1780. The van der Waals surface area contributed by atoms with Gasteiger partial charge < -0.3 is 4.90 Å². The Morgan fingerprint density at radius 1 is 0.592 bits per heavy atom. The van der Waals surface area contributed by atoms with E-state index < -0.39 is 0 Å². The lowest BCUT2D eigenvalue weighted by molar-refractivity contribution is 0.401. The zero-order valence-electron chi connectivity index (χ0n) is 30.9. The highest BCUT2D eigenvalue weighted by Crippen LogP contribution is 2.57. The highest BCUT2D eigenvalue weighted by atomic mass is 32.1. The summed E-state index contributed by atoms with van der Waals surface area (Å²) in [5.74, 6) is 0.565. The lowest BCUT2D eigenvalue weighted by atomic mass is 9.70. The molecule has 0 radical (unpaired) electrons. The maximum Gasteiger partial charge on any atom is 0.0462 e. The van der Waals surface area contributed by atoms with Gasteiger partial charge in [0.25, 0.3) is 0 Å². The molecule has 1 unspecified atom stereocenters. The van der Waals surface area contributed by atoms with E-state index in [1.807, 2.05) is 11.3 Å². The molecule has 2 heteroatoms. The first-order valence-electron chi connectivity index (χ1n) is 19.2. The summed E-state index contributed by atoms with van der Waals surface area (Å²) < 4.78 is 0. The van der Waals surface area contributed by atoms with Gasteiger partial charge in [0.1, 0.15) is 0 Å². The van der Waals surface area contributed by atoms with Crippen molar-refractivity contribution >= 4 is 28.4 Å². The van der Waals surface area contributed by atoms with E-state index in [1.54, 1.807) is 11.1 Å². The molecule has 0 spiro atoms. The van der Waals surface area contributed by atoms with Crippen LogP contribution in [0.3, 0.4) is 0 Å². The summed E-state index contributed by atoms with van der Waals surface area (Å²) in [4.78, 5) is 5.38. The molecule has 0 N–H and O–H groups in total. The monoisotopic (exact) mass is 667 g/mol. The number of nitrogens with zero attached hydrogens (tertiary/aromatic N) is 1. The van der Waals surface area contributed by atoms with Crippen LogP contribution in [0, 0.1) is 13.8 Å². The molecule has 1 aliphatic carbocycles. The van der Waals surface area contributed by atoms with Crippen LogP contribution >= 0.6 is 11.3 Å². The number of anilines is 3. The van der Waals surface area contributed by atoms with E-state index in [0.717, 1.165) is 6.42 Å². The summed E-state index contributed by atoms with van der Waals surface area (Å²) >= 11 is 2.01. The third-order valence-corrected chi connectivity index (χ3v) is 12.2. The minimum atomic E-state index is 0.135. The van der Waals surface area contributed by atoms with Gasteiger partial charge in [-0.3, -0.25) is 0 Å². The second kappa shape index (κ2) is 15.9. The molecule has 0 amide bonds. The van der Waals surface area contributed by atoms with Crippen LogP contribution in [0.5, 0.6) is 0 Å². The second-order valence-electron chi connectivity index (χ2n) is 14.7. The van der Waals surface area contributed by atoms with Gasteiger partial charge in [-0.2, -0.15) is 0 Å². The van der Waals surface area contributed by atoms with E-state index in [0.29, 0.717) is 5.92 Å². The zero-order valence-corrected chi connectivity index (χ0v) is 31.8. The number of unbranched alkanes of at least 4 members (excludes halogenated alkanes) is 6. The van der Waals surface area contributed by atoms with Gasteiger partial charge in [-0.1, -0.05) is 133 Å². The van der Waals surface area contributed by atoms with Gasteiger partial charge >= 0.3 is 0 Å². The average molecular weight is 668 g/mol. The molecule has 1 heterocycles. The van der Waals surface area contributed by atoms with Crippen LogP contribution in [-0.4, -0.2) is 0 Å². The minimum Gasteiger partial charge on any atom is -0.311 e. The number of benzene rings is 4. The molecule has 1 aromatic heterocycles. The molecule has 0 fully saturated rings. The molecule has 0 aliphatic heterocycles. The molecule has 5 aromatic rings. The maximum absolute atomic E-state index is 2.58. The first-order valence-corrected chi connectivity index (χ1v) is 20.0. The Hall–Kier alpha value is -3.62. The van der Waals surface area contributed by atoms with E-state index in [1.165, 1.54) is 119 Å². The van der Waals surface area contributed by atoms with Gasteiger partial charge in [0, 0.05) is 32.2 Å². The normalized spacial score (nSPS) is 13.7. The largest absolute Gasteiger partial charge is 0.311 e. The molecule has 1 nitrogen and oxygen atoms in total. The van der Waals surface area contributed by atoms with Gasteiger partial charge in [0.15, 0.2) is 0 Å². The summed E-state index contributed by atoms with van der Waals surface area (Å²) in [6.07, 6.45) is 14.2. The fourth-order valence-electron chi connectivity index (χ4n) is 8.04. The Labute approximate surface area is 301 Å². The summed E-state index contributed by atoms with van der Waals surface area (Å²) in [7, 11) is 0. The standard InChI is InChI=1S/C47H57NS/c1-7-10-12-14-30-47(31-15-13-11-8-2)44-33-39(22-29-43(44)46-45(47)32-36(6)49-46)38-20-27-42(28-21-38)48(40-23-16-34(4)17-24-40)41-25-18-37(19-26-41)35(5)9-3/h16-29,32-33,35H,7-15,30-31H2,1-6H3. The summed E-state index contributed by atoms with van der Waals surface area (Å²) in [5.41, 5.74) is 13.7. The van der Waals surface area contributed by atoms with Crippen molar-refractivity contribution in [1.82, 2.24) is 0 Å². The van der Waals surface area contributed by atoms with Gasteiger partial charge in [-0.25, -0.2) is 0 Å². The summed E-state index contributed by atoms with van der Waals surface area (Å²) in [6, 6.07) is 37.4. The topological polar surface area (TPSA) is 3.24 Å². The molecule has 0 bridgehead atoms. The van der Waals surface area contributed by atoms with Crippen molar-refractivity contribution in [3.63, 3.8) is 0 Å². The Kier molecular flexibility index (Phi) is 11.5. The Morgan fingerprint density at radius 2 is 1.14 bits per heavy atom. The molecule has 1 atom stereocenters. The number of aryl methyl sites for hydroxylation is 2. The molecule has 4 aromatic carbocycles. The van der Waals surface area contributed by atoms with Crippen LogP contribution in [0.1, 0.15) is 131 Å². The molecular formula is C47H57NS. The van der Waals surface area contributed by atoms with Crippen LogP contribution < -0.4 is 4.90 Å². The van der Waals surface area contributed by atoms with Crippen LogP contribution in [0.2, 0.25) is 0 Å². The average Bonchev–Trinajstić information content (AvgIpc) is 3.63. The predicted octanol–water partition coefficient (Wildman–Crippen LogP) is 15.2. The van der Waals surface area contributed by atoms with Gasteiger partial charge in [0.2, 0.25) is 0 Å². The number of thiophene rings is 1. The highest BCUT2D eigenvalue weighted by Gasteiger charge is 2.43. The molecular weight excluding hydrogens is 611 g/mol. The number of hydrogen-bond donors (Lipinski definition) is 0. The molecule has 0 saturated heterocycles. The molecule has 6 rings (SSSR count). The van der Waals surface area contributed by atoms with E-state index in [-0.39, 0.29) is 5.41 Å². The van der Waals surface area contributed by atoms with E-state index in [9.17, 15) is 0 Å². The Balaban J connectivity index is 1.36. The van der Waals surface area contributed by atoms with E-state index in [2.05, 4.69) is 144 Å². The summed E-state index contributed by atoms with van der Waals surface area (Å²) in [6.45, 7) is 13.7. The predicted molar refractivity (Wildman–Crippen MR) is 216 cm³/mol. The van der Waals surface area contributed by atoms with Crippen molar-refractivity contribution in [2.24, 2.45) is 0 Å². The van der Waals surface area contributed by atoms with Crippen LogP contribution in [0.15, 0.2) is 97.1 Å². The fraction of sp³-hybridized carbons (Fsp3) is 0.404. The van der Waals surface area contributed by atoms with Crippen LogP contribution in [0.25, 0.3) is 21.6 Å². The smallest absolute Gasteiger partial charge is 0.0462 e. The third-order valence-electron chi connectivity index (χ3n) is 11.1. The van der Waals surface area contributed by atoms with Gasteiger partial charge in [0.05, 0.1) is 0 Å². The SMILES string of the molecule is CCCCCCC1(CCCCCC)c2cc(-c3ccc(N(c4ccc(C)cc4)c4ccc(C(C)CC)cc4)cc3)ccc2-c2sc(C)cc21. The lowest BCUT2D eigenvalue weighted by Gasteiger charge is -2.32. The fourth-order valence-corrected chi connectivity index (χ4v) is 9.19. The van der Waals surface area contributed by atoms with Crippen molar-refractivity contribution < 1.29 is 0 Å². The molecule has 256 valence electrons. The molecule has 1 aliphatic rings. The van der Waals surface area contributed by atoms with Crippen molar-refractivity contribution in [2.75, 3.05) is 4.90 Å². The first-order chi connectivity index (χ1) is 23.9. The van der Waals surface area contributed by atoms with E-state index in [4.69, 9.17) is 0 Å². The number of rotatable bonds is 16. The van der Waals surface area contributed by atoms with Gasteiger partial charge in [-0.15, -0.1) is 11.3 Å². The second-order valence-corrected chi connectivity index (χ2v) is 15.9. The zero-order chi connectivity index (χ0) is 34.4. The highest BCUT2D eigenvalue weighted by molar-refractivity contribution is 7.15. The summed E-state index contributed by atoms with van der Waals surface area (Å²) in [5, 5.41) is 0. The quantitative estimate of drug-likeness (QED) is 0.0947. The van der Waals surface area contributed by atoms with Crippen molar-refractivity contribution in [2.45, 2.75) is 124 Å². The van der Waals surface area contributed by atoms with Crippen LogP contribution in [-0.2, 0) is 5.41 Å². The van der Waals surface area contributed by atoms with Crippen molar-refractivity contribution in [3.8, 4) is 21.6 Å². The van der Waals surface area contributed by atoms with Crippen molar-refractivity contribution in [1.29, 1.82) is 0 Å². The third kappa shape index (κ3) is 7.46. The lowest BCUT2D eigenvalue weighted by Crippen LogP contribution is -2.25. The number of fused-ring (bicyclic) bond motifs is 3. The van der Waals surface area contributed by atoms with Crippen molar-refractivity contribution in [3.05, 3.63) is 124 Å². The maximum atomic E-state index is 2.58. The minimum absolute atomic E-state index is 0.135. The molecule has 49 heavy (non-hydrogen) atoms.